The summed E-state index contributed by atoms with van der Waals surface area (Å²) in [6.07, 6.45) is 0.885. The molecule has 0 bridgehead atoms. The molecule has 1 aromatic heterocycles. The third-order valence-corrected chi connectivity index (χ3v) is 3.20. The molecule has 0 aliphatic heterocycles. The van der Waals surface area contributed by atoms with Gasteiger partial charge in [-0.2, -0.15) is 0 Å². The smallest absolute Gasteiger partial charge is 0.315 e. The van der Waals surface area contributed by atoms with Crippen LogP contribution in [-0.2, 0) is 11.3 Å². The third kappa shape index (κ3) is 5.67. The molecule has 0 radical (unpaired) electrons. The fourth-order valence-corrected chi connectivity index (χ4v) is 2.13. The Hall–Kier alpha value is -1.56. The number of carbonyl (C=O) groups is 2. The van der Waals surface area contributed by atoms with E-state index in [9.17, 15) is 9.59 Å². The van der Waals surface area contributed by atoms with Gasteiger partial charge in [0.15, 0.2) is 0 Å². The molecule has 0 saturated carbocycles. The molecule has 3 amide bonds. The average Bonchev–Trinajstić information content (AvgIpc) is 2.77. The van der Waals surface area contributed by atoms with Gasteiger partial charge in [-0.25, -0.2) is 4.79 Å². The zero-order valence-corrected chi connectivity index (χ0v) is 11.5. The van der Waals surface area contributed by atoms with E-state index >= 15 is 0 Å². The quantitative estimate of drug-likeness (QED) is 0.730. The SMILES string of the molecule is CCCNC(=O)CNC(=O)NCc1ccc(C)s1. The first kappa shape index (κ1) is 14.5. The third-order valence-electron chi connectivity index (χ3n) is 2.20. The lowest BCUT2D eigenvalue weighted by atomic mass is 10.4. The highest BCUT2D eigenvalue weighted by Gasteiger charge is 2.04. The minimum absolute atomic E-state index is 0.00923. The van der Waals surface area contributed by atoms with Gasteiger partial charge in [-0.15, -0.1) is 11.3 Å². The first-order valence-corrected chi connectivity index (χ1v) is 6.77. The van der Waals surface area contributed by atoms with Crippen molar-refractivity contribution in [2.75, 3.05) is 13.1 Å². The van der Waals surface area contributed by atoms with Crippen LogP contribution in [0.3, 0.4) is 0 Å². The Balaban J connectivity index is 2.16. The molecule has 3 N–H and O–H groups in total. The van der Waals surface area contributed by atoms with Gasteiger partial charge < -0.3 is 16.0 Å². The van der Waals surface area contributed by atoms with E-state index in [-0.39, 0.29) is 18.5 Å². The highest BCUT2D eigenvalue weighted by atomic mass is 32.1. The zero-order chi connectivity index (χ0) is 13.4. The molecule has 0 saturated heterocycles. The van der Waals surface area contributed by atoms with Gasteiger partial charge in [0.25, 0.3) is 0 Å². The predicted octanol–water partition coefficient (Wildman–Crippen LogP) is 1.38. The van der Waals surface area contributed by atoms with Crippen molar-refractivity contribution in [3.05, 3.63) is 21.9 Å². The van der Waals surface area contributed by atoms with E-state index < -0.39 is 0 Å². The van der Waals surface area contributed by atoms with E-state index in [1.165, 1.54) is 4.88 Å². The van der Waals surface area contributed by atoms with Crippen LogP contribution in [0.15, 0.2) is 12.1 Å². The van der Waals surface area contributed by atoms with Crippen LogP contribution in [0.25, 0.3) is 0 Å². The number of carbonyl (C=O) groups excluding carboxylic acids is 2. The van der Waals surface area contributed by atoms with Gasteiger partial charge in [-0.1, -0.05) is 6.92 Å². The van der Waals surface area contributed by atoms with Crippen LogP contribution in [0.2, 0.25) is 0 Å². The van der Waals surface area contributed by atoms with Crippen LogP contribution in [0.1, 0.15) is 23.1 Å². The maximum Gasteiger partial charge on any atom is 0.315 e. The van der Waals surface area contributed by atoms with Gasteiger partial charge in [0.1, 0.15) is 0 Å². The summed E-state index contributed by atoms with van der Waals surface area (Å²) in [5.74, 6) is -0.168. The van der Waals surface area contributed by atoms with Gasteiger partial charge in [-0.05, 0) is 25.5 Å². The molecular weight excluding hydrogens is 250 g/mol. The van der Waals surface area contributed by atoms with Crippen LogP contribution < -0.4 is 16.0 Å². The average molecular weight is 269 g/mol. The molecule has 0 spiro atoms. The molecule has 0 unspecified atom stereocenters. The first-order chi connectivity index (χ1) is 8.61. The zero-order valence-electron chi connectivity index (χ0n) is 10.7. The molecule has 1 rings (SSSR count). The van der Waals surface area contributed by atoms with Crippen LogP contribution in [0.5, 0.6) is 0 Å². The number of amides is 3. The van der Waals surface area contributed by atoms with Crippen molar-refractivity contribution in [1.82, 2.24) is 16.0 Å². The summed E-state index contributed by atoms with van der Waals surface area (Å²) >= 11 is 1.64. The Morgan fingerprint density at radius 3 is 2.61 bits per heavy atom. The normalized spacial score (nSPS) is 9.89. The van der Waals surface area contributed by atoms with Crippen molar-refractivity contribution in [2.45, 2.75) is 26.8 Å². The molecule has 18 heavy (non-hydrogen) atoms. The van der Waals surface area contributed by atoms with E-state index in [2.05, 4.69) is 16.0 Å². The van der Waals surface area contributed by atoms with Crippen LogP contribution in [0, 0.1) is 6.92 Å². The van der Waals surface area contributed by atoms with E-state index in [0.29, 0.717) is 13.1 Å². The number of rotatable bonds is 6. The van der Waals surface area contributed by atoms with Crippen LogP contribution in [-0.4, -0.2) is 25.0 Å². The lowest BCUT2D eigenvalue weighted by Gasteiger charge is -2.07. The highest BCUT2D eigenvalue weighted by Crippen LogP contribution is 2.14. The fraction of sp³-hybridized carbons (Fsp3) is 0.500. The second-order valence-corrected chi connectivity index (χ2v) is 5.27. The second kappa shape index (κ2) is 7.71. The van der Waals surface area contributed by atoms with Crippen molar-refractivity contribution in [3.63, 3.8) is 0 Å². The number of nitrogens with one attached hydrogen (secondary N) is 3. The number of hydrogen-bond acceptors (Lipinski definition) is 3. The Morgan fingerprint density at radius 2 is 2.00 bits per heavy atom. The molecule has 0 fully saturated rings. The summed E-state index contributed by atoms with van der Waals surface area (Å²) in [6, 6.07) is 3.67. The number of urea groups is 1. The van der Waals surface area contributed by atoms with Crippen molar-refractivity contribution in [1.29, 1.82) is 0 Å². The molecule has 100 valence electrons. The molecule has 0 aromatic carbocycles. The summed E-state index contributed by atoms with van der Waals surface area (Å²) in [6.45, 7) is 5.13. The summed E-state index contributed by atoms with van der Waals surface area (Å²) < 4.78 is 0. The molecule has 5 nitrogen and oxygen atoms in total. The van der Waals surface area contributed by atoms with Gasteiger partial charge in [-0.3, -0.25) is 4.79 Å². The van der Waals surface area contributed by atoms with Crippen molar-refractivity contribution in [2.24, 2.45) is 0 Å². The Kier molecular flexibility index (Phi) is 6.21. The highest BCUT2D eigenvalue weighted by molar-refractivity contribution is 7.11. The molecule has 0 aliphatic carbocycles. The molecule has 1 aromatic rings. The van der Waals surface area contributed by atoms with E-state index in [4.69, 9.17) is 0 Å². The van der Waals surface area contributed by atoms with Crippen molar-refractivity contribution < 1.29 is 9.59 Å². The van der Waals surface area contributed by atoms with Crippen molar-refractivity contribution in [3.8, 4) is 0 Å². The summed E-state index contributed by atoms with van der Waals surface area (Å²) in [7, 11) is 0. The Morgan fingerprint density at radius 1 is 1.22 bits per heavy atom. The topological polar surface area (TPSA) is 70.2 Å². The Labute approximate surface area is 111 Å². The van der Waals surface area contributed by atoms with Gasteiger partial charge in [0.05, 0.1) is 13.1 Å². The monoisotopic (exact) mass is 269 g/mol. The minimum atomic E-state index is -0.326. The first-order valence-electron chi connectivity index (χ1n) is 5.95. The van der Waals surface area contributed by atoms with Crippen LogP contribution in [0.4, 0.5) is 4.79 Å². The second-order valence-electron chi connectivity index (χ2n) is 3.90. The maximum absolute atomic E-state index is 11.4. The van der Waals surface area contributed by atoms with Crippen molar-refractivity contribution >= 4 is 23.3 Å². The lowest BCUT2D eigenvalue weighted by molar-refractivity contribution is -0.120. The number of hydrogen-bond donors (Lipinski definition) is 3. The van der Waals surface area contributed by atoms with E-state index in [1.807, 2.05) is 26.0 Å². The minimum Gasteiger partial charge on any atom is -0.355 e. The van der Waals surface area contributed by atoms with Gasteiger partial charge in [0.2, 0.25) is 5.91 Å². The maximum atomic E-state index is 11.4. The van der Waals surface area contributed by atoms with Crippen LogP contribution >= 0.6 is 11.3 Å². The fourth-order valence-electron chi connectivity index (χ4n) is 1.30. The van der Waals surface area contributed by atoms with E-state index in [0.717, 1.165) is 11.3 Å². The lowest BCUT2D eigenvalue weighted by Crippen LogP contribution is -2.41. The molecule has 0 aliphatic rings. The molecule has 6 heteroatoms. The van der Waals surface area contributed by atoms with E-state index in [1.54, 1.807) is 11.3 Å². The largest absolute Gasteiger partial charge is 0.355 e. The molecule has 1 heterocycles. The standard InChI is InChI=1S/C12H19N3O2S/c1-3-6-13-11(16)8-15-12(17)14-7-10-5-4-9(2)18-10/h4-5H,3,6-8H2,1-2H3,(H,13,16)(H2,14,15,17). The summed E-state index contributed by atoms with van der Waals surface area (Å²) in [4.78, 5) is 24.9. The number of aryl methyl sites for hydroxylation is 1. The Bertz CT molecular complexity index is 404. The van der Waals surface area contributed by atoms with Gasteiger partial charge >= 0.3 is 6.03 Å². The summed E-state index contributed by atoms with van der Waals surface area (Å²) in [5.41, 5.74) is 0. The summed E-state index contributed by atoms with van der Waals surface area (Å²) in [5, 5.41) is 7.90. The predicted molar refractivity (Wildman–Crippen MR) is 72.6 cm³/mol. The molecular formula is C12H19N3O2S. The number of thiophene rings is 1. The van der Waals surface area contributed by atoms with Gasteiger partial charge in [0, 0.05) is 16.3 Å². The molecule has 0 atom stereocenters.